The van der Waals surface area contributed by atoms with Gasteiger partial charge in [0.1, 0.15) is 22.7 Å². The fraction of sp³-hybridized carbons (Fsp3) is 0.609. The zero-order chi connectivity index (χ0) is 25.1. The second-order valence-corrected chi connectivity index (χ2v) is 9.26. The van der Waals surface area contributed by atoms with Crippen LogP contribution in [0.3, 0.4) is 0 Å². The summed E-state index contributed by atoms with van der Waals surface area (Å²) in [6.45, 7) is 11.9. The molecule has 0 bridgehead atoms. The van der Waals surface area contributed by atoms with Gasteiger partial charge in [-0.15, -0.1) is 0 Å². The molecule has 0 spiro atoms. The molecule has 0 aliphatic heterocycles. The number of ether oxygens (including phenoxy) is 4. The second-order valence-electron chi connectivity index (χ2n) is 9.26. The molecule has 186 valence electrons. The van der Waals surface area contributed by atoms with Crippen molar-refractivity contribution in [2.45, 2.75) is 65.6 Å². The summed E-state index contributed by atoms with van der Waals surface area (Å²) in [6, 6.07) is 4.40. The number of alkyl carbamates (subject to hydrolysis) is 2. The molecule has 10 heteroatoms. The third kappa shape index (κ3) is 13.8. The molecule has 0 fully saturated rings. The summed E-state index contributed by atoms with van der Waals surface area (Å²) in [5.41, 5.74) is -1.11. The first-order valence-electron chi connectivity index (χ1n) is 10.8. The van der Waals surface area contributed by atoms with Crippen molar-refractivity contribution in [1.82, 2.24) is 10.6 Å². The van der Waals surface area contributed by atoms with E-state index in [2.05, 4.69) is 10.6 Å². The summed E-state index contributed by atoms with van der Waals surface area (Å²) < 4.78 is 21.5. The van der Waals surface area contributed by atoms with Gasteiger partial charge in [-0.3, -0.25) is 0 Å². The van der Waals surface area contributed by atoms with Crippen molar-refractivity contribution < 1.29 is 38.4 Å². The Hall–Kier alpha value is -3.17. The van der Waals surface area contributed by atoms with Crippen molar-refractivity contribution in [3.63, 3.8) is 0 Å². The van der Waals surface area contributed by atoms with E-state index in [0.29, 0.717) is 37.4 Å². The summed E-state index contributed by atoms with van der Waals surface area (Å²) in [7, 11) is 0. The number of carboxylic acids is 1. The highest BCUT2D eigenvalue weighted by molar-refractivity contribution is 5.88. The molecule has 0 aliphatic rings. The van der Waals surface area contributed by atoms with Gasteiger partial charge in [-0.25, -0.2) is 14.4 Å². The van der Waals surface area contributed by atoms with Crippen molar-refractivity contribution >= 4 is 18.2 Å². The topological polar surface area (TPSA) is 132 Å². The van der Waals surface area contributed by atoms with Gasteiger partial charge in [0.25, 0.3) is 0 Å². The van der Waals surface area contributed by atoms with Crippen LogP contribution in [0.5, 0.6) is 11.5 Å². The maximum atomic E-state index is 11.6. The summed E-state index contributed by atoms with van der Waals surface area (Å²) in [5.74, 6) is -0.424. The summed E-state index contributed by atoms with van der Waals surface area (Å²) in [5, 5.41) is 14.6. The molecule has 10 nitrogen and oxygen atoms in total. The highest BCUT2D eigenvalue weighted by Gasteiger charge is 2.16. The Morgan fingerprint density at radius 2 is 1.15 bits per heavy atom. The fourth-order valence-corrected chi connectivity index (χ4v) is 2.40. The minimum absolute atomic E-state index is 0.0289. The molecule has 1 rings (SSSR count). The highest BCUT2D eigenvalue weighted by Crippen LogP contribution is 2.23. The molecule has 0 radical (unpaired) electrons. The molecular weight excluding hydrogens is 432 g/mol. The van der Waals surface area contributed by atoms with E-state index < -0.39 is 29.4 Å². The molecule has 0 aliphatic carbocycles. The average molecular weight is 469 g/mol. The standard InChI is InChI=1S/C23H36N2O8/c1-22(2,3)32-20(28)24-9-7-11-30-17-13-16(19(26)27)14-18(15-17)31-12-8-10-25-21(29)33-23(4,5)6/h13-15H,7-12H2,1-6H3,(H,24,28)(H,25,29)(H,26,27). The molecule has 2 amide bonds. The lowest BCUT2D eigenvalue weighted by Crippen LogP contribution is -2.33. The minimum atomic E-state index is -1.11. The van der Waals surface area contributed by atoms with Gasteiger partial charge in [0, 0.05) is 19.2 Å². The van der Waals surface area contributed by atoms with Crippen molar-refractivity contribution in [3.05, 3.63) is 23.8 Å². The van der Waals surface area contributed by atoms with Crippen molar-refractivity contribution in [1.29, 1.82) is 0 Å². The van der Waals surface area contributed by atoms with Crippen LogP contribution in [-0.4, -0.2) is 60.8 Å². The van der Waals surface area contributed by atoms with Crippen molar-refractivity contribution in [2.75, 3.05) is 26.3 Å². The third-order valence-corrected chi connectivity index (χ3v) is 3.64. The van der Waals surface area contributed by atoms with Crippen molar-refractivity contribution in [3.8, 4) is 11.5 Å². The number of carboxylic acid groups (broad SMARTS) is 1. The fourth-order valence-electron chi connectivity index (χ4n) is 2.40. The second kappa shape index (κ2) is 12.8. The highest BCUT2D eigenvalue weighted by atomic mass is 16.6. The maximum absolute atomic E-state index is 11.6. The predicted octanol–water partition coefficient (Wildman–Crippen LogP) is 3.97. The average Bonchev–Trinajstić information content (AvgIpc) is 2.64. The molecule has 0 aromatic heterocycles. The lowest BCUT2D eigenvalue weighted by molar-refractivity contribution is 0.0514. The van der Waals surface area contributed by atoms with Gasteiger partial charge in [-0.2, -0.15) is 0 Å². The first-order chi connectivity index (χ1) is 15.2. The van der Waals surface area contributed by atoms with Gasteiger partial charge in [0.15, 0.2) is 0 Å². The van der Waals surface area contributed by atoms with E-state index in [0.717, 1.165) is 0 Å². The van der Waals surface area contributed by atoms with Crippen LogP contribution in [0.15, 0.2) is 18.2 Å². The number of rotatable bonds is 11. The molecule has 0 heterocycles. The lowest BCUT2D eigenvalue weighted by atomic mass is 10.2. The molecule has 3 N–H and O–H groups in total. The lowest BCUT2D eigenvalue weighted by Gasteiger charge is -2.19. The third-order valence-electron chi connectivity index (χ3n) is 3.64. The van der Waals surface area contributed by atoms with Crippen LogP contribution >= 0.6 is 0 Å². The van der Waals surface area contributed by atoms with E-state index in [-0.39, 0.29) is 18.8 Å². The zero-order valence-corrected chi connectivity index (χ0v) is 20.3. The number of carbonyl (C=O) groups is 3. The monoisotopic (exact) mass is 468 g/mol. The van der Waals surface area contributed by atoms with Crippen LogP contribution in [0, 0.1) is 0 Å². The Balaban J connectivity index is 2.45. The van der Waals surface area contributed by atoms with Gasteiger partial charge in [0.2, 0.25) is 0 Å². The predicted molar refractivity (Wildman–Crippen MR) is 122 cm³/mol. The van der Waals surface area contributed by atoms with E-state index in [1.165, 1.54) is 12.1 Å². The summed E-state index contributed by atoms with van der Waals surface area (Å²) in [4.78, 5) is 34.6. The van der Waals surface area contributed by atoms with Gasteiger partial charge < -0.3 is 34.7 Å². The number of aromatic carboxylic acids is 1. The summed E-state index contributed by atoms with van der Waals surface area (Å²) >= 11 is 0. The molecule has 33 heavy (non-hydrogen) atoms. The number of benzene rings is 1. The van der Waals surface area contributed by atoms with E-state index in [9.17, 15) is 19.5 Å². The first-order valence-corrected chi connectivity index (χ1v) is 10.8. The Kier molecular flexibility index (Phi) is 10.8. The van der Waals surface area contributed by atoms with Crippen molar-refractivity contribution in [2.24, 2.45) is 0 Å². The first kappa shape index (κ1) is 27.9. The van der Waals surface area contributed by atoms with Crippen LogP contribution in [0.2, 0.25) is 0 Å². The van der Waals surface area contributed by atoms with Crippen LogP contribution in [0.25, 0.3) is 0 Å². The number of hydrogen-bond donors (Lipinski definition) is 3. The molecule has 0 saturated carbocycles. The normalized spacial score (nSPS) is 11.3. The molecular formula is C23H36N2O8. The SMILES string of the molecule is CC(C)(C)OC(=O)NCCCOc1cc(OCCCNC(=O)OC(C)(C)C)cc(C(=O)O)c1. The number of nitrogens with one attached hydrogen (secondary N) is 2. The van der Waals surface area contributed by atoms with E-state index >= 15 is 0 Å². The Bertz CT molecular complexity index is 740. The largest absolute Gasteiger partial charge is 0.493 e. The Morgan fingerprint density at radius 3 is 1.48 bits per heavy atom. The summed E-state index contributed by atoms with van der Waals surface area (Å²) in [6.07, 6.45) is -0.00832. The smallest absolute Gasteiger partial charge is 0.407 e. The van der Waals surface area contributed by atoms with Crippen LogP contribution in [-0.2, 0) is 9.47 Å². The molecule has 0 atom stereocenters. The Labute approximate surface area is 194 Å². The quantitative estimate of drug-likeness (QED) is 0.416. The minimum Gasteiger partial charge on any atom is -0.493 e. The van der Waals surface area contributed by atoms with Gasteiger partial charge in [-0.05, 0) is 66.5 Å². The molecule has 0 unspecified atom stereocenters. The van der Waals surface area contributed by atoms with E-state index in [4.69, 9.17) is 18.9 Å². The molecule has 0 saturated heterocycles. The number of hydrogen-bond acceptors (Lipinski definition) is 7. The van der Waals surface area contributed by atoms with Crippen LogP contribution in [0.1, 0.15) is 64.7 Å². The number of amides is 2. The van der Waals surface area contributed by atoms with Crippen LogP contribution < -0.4 is 20.1 Å². The van der Waals surface area contributed by atoms with E-state index in [1.807, 2.05) is 0 Å². The molecule has 1 aromatic carbocycles. The zero-order valence-electron chi connectivity index (χ0n) is 20.3. The van der Waals surface area contributed by atoms with E-state index in [1.54, 1.807) is 47.6 Å². The van der Waals surface area contributed by atoms with Gasteiger partial charge in [0.05, 0.1) is 18.8 Å². The van der Waals surface area contributed by atoms with Gasteiger partial charge >= 0.3 is 18.2 Å². The molecule has 1 aromatic rings. The maximum Gasteiger partial charge on any atom is 0.407 e. The van der Waals surface area contributed by atoms with Crippen LogP contribution in [0.4, 0.5) is 9.59 Å². The Morgan fingerprint density at radius 1 is 0.758 bits per heavy atom. The number of carbonyl (C=O) groups excluding carboxylic acids is 2. The van der Waals surface area contributed by atoms with Gasteiger partial charge in [-0.1, -0.05) is 0 Å².